The number of rotatable bonds is 9. The molecule has 1 aromatic rings. The van der Waals surface area contributed by atoms with E-state index >= 15 is 0 Å². The number of likely N-dealkylation sites (tertiary alicyclic amines) is 1. The highest BCUT2D eigenvalue weighted by Crippen LogP contribution is 2.22. The second-order valence-electron chi connectivity index (χ2n) is 7.73. The molecule has 0 amide bonds. The molecule has 0 bridgehead atoms. The molecule has 0 spiro atoms. The minimum atomic E-state index is 0.502. The van der Waals surface area contributed by atoms with Gasteiger partial charge < -0.3 is 9.59 Å². The summed E-state index contributed by atoms with van der Waals surface area (Å²) < 4.78 is 1.30. The van der Waals surface area contributed by atoms with Crippen LogP contribution in [0.4, 0.5) is 0 Å². The van der Waals surface area contributed by atoms with Crippen molar-refractivity contribution in [3.8, 4) is 5.75 Å². The fourth-order valence-corrected chi connectivity index (χ4v) is 3.84. The normalized spacial score (nSPS) is 17.3. The Morgan fingerprint density at radius 3 is 2.43 bits per heavy atom. The van der Waals surface area contributed by atoms with Crippen LogP contribution in [-0.2, 0) is 12.8 Å². The molecule has 0 aromatic heterocycles. The molecule has 0 aliphatic carbocycles. The lowest BCUT2D eigenvalue weighted by atomic mass is 10.0. The highest BCUT2D eigenvalue weighted by molar-refractivity contribution is 5.36. The van der Waals surface area contributed by atoms with E-state index in [1.54, 1.807) is 0 Å². The van der Waals surface area contributed by atoms with Crippen LogP contribution in [-0.4, -0.2) is 36.3 Å². The number of hydrogen-bond acceptors (Lipinski definition) is 1. The number of phenolic OH excluding ortho intramolecular Hbond substituents is 1. The standard InChI is InChI=1S/C21H35NO/c1-3-4-12-20-14-13-19(18-21(20)23)11-7-5-8-15-22(2)16-9-6-10-17-22/h13-14,18H,3-12,15-17H2,1-2H3/p+1. The highest BCUT2D eigenvalue weighted by Gasteiger charge is 2.23. The Labute approximate surface area is 143 Å². The highest BCUT2D eigenvalue weighted by atomic mass is 16.3. The van der Waals surface area contributed by atoms with E-state index in [0.717, 1.165) is 24.8 Å². The largest absolute Gasteiger partial charge is 0.508 e. The molecule has 1 aromatic carbocycles. The van der Waals surface area contributed by atoms with Gasteiger partial charge in [0.25, 0.3) is 0 Å². The van der Waals surface area contributed by atoms with Gasteiger partial charge in [-0.05, 0) is 75.0 Å². The van der Waals surface area contributed by atoms with Crippen LogP contribution in [0.2, 0.25) is 0 Å². The zero-order chi connectivity index (χ0) is 16.5. The number of quaternary nitrogens is 1. The molecule has 130 valence electrons. The zero-order valence-electron chi connectivity index (χ0n) is 15.3. The number of piperidine rings is 1. The summed E-state index contributed by atoms with van der Waals surface area (Å²) in [5, 5.41) is 10.1. The van der Waals surface area contributed by atoms with Crippen LogP contribution in [0.25, 0.3) is 0 Å². The molecule has 1 aliphatic heterocycles. The topological polar surface area (TPSA) is 20.2 Å². The van der Waals surface area contributed by atoms with Gasteiger partial charge in [0.1, 0.15) is 5.75 Å². The molecular weight excluding hydrogens is 282 g/mol. The first kappa shape index (κ1) is 18.3. The second kappa shape index (κ2) is 9.32. The number of benzene rings is 1. The summed E-state index contributed by atoms with van der Waals surface area (Å²) in [6.45, 7) is 6.30. The summed E-state index contributed by atoms with van der Waals surface area (Å²) in [6.07, 6.45) is 12.6. The Morgan fingerprint density at radius 1 is 0.957 bits per heavy atom. The van der Waals surface area contributed by atoms with Crippen LogP contribution in [0.5, 0.6) is 5.75 Å². The van der Waals surface area contributed by atoms with Crippen LogP contribution < -0.4 is 0 Å². The first-order chi connectivity index (χ1) is 11.1. The van der Waals surface area contributed by atoms with Gasteiger partial charge in [-0.15, -0.1) is 0 Å². The van der Waals surface area contributed by atoms with Crippen LogP contribution in [0.15, 0.2) is 18.2 Å². The lowest BCUT2D eigenvalue weighted by Crippen LogP contribution is -2.48. The van der Waals surface area contributed by atoms with Crippen molar-refractivity contribution in [1.29, 1.82) is 0 Å². The Hall–Kier alpha value is -1.02. The molecule has 1 N–H and O–H groups in total. The smallest absolute Gasteiger partial charge is 0.119 e. The second-order valence-corrected chi connectivity index (χ2v) is 7.73. The van der Waals surface area contributed by atoms with E-state index in [9.17, 15) is 5.11 Å². The molecule has 0 radical (unpaired) electrons. The quantitative estimate of drug-likeness (QED) is 0.497. The van der Waals surface area contributed by atoms with Gasteiger partial charge in [0.05, 0.1) is 26.7 Å². The Bertz CT molecular complexity index is 463. The molecule has 1 saturated heterocycles. The van der Waals surface area contributed by atoms with Gasteiger partial charge in [-0.25, -0.2) is 0 Å². The lowest BCUT2D eigenvalue weighted by molar-refractivity contribution is -0.914. The number of phenols is 1. The third kappa shape index (κ3) is 6.18. The van der Waals surface area contributed by atoms with E-state index in [4.69, 9.17) is 0 Å². The summed E-state index contributed by atoms with van der Waals surface area (Å²) in [5.74, 6) is 0.502. The van der Waals surface area contributed by atoms with E-state index in [1.165, 1.54) is 74.6 Å². The molecule has 23 heavy (non-hydrogen) atoms. The Kier molecular flexibility index (Phi) is 7.42. The molecular formula is C21H36NO+. The van der Waals surface area contributed by atoms with Gasteiger partial charge >= 0.3 is 0 Å². The predicted molar refractivity (Wildman–Crippen MR) is 98.9 cm³/mol. The number of hydrogen-bond donors (Lipinski definition) is 1. The van der Waals surface area contributed by atoms with Gasteiger partial charge in [-0.2, -0.15) is 0 Å². The third-order valence-corrected chi connectivity index (χ3v) is 5.51. The van der Waals surface area contributed by atoms with Crippen LogP contribution >= 0.6 is 0 Å². The van der Waals surface area contributed by atoms with Crippen molar-refractivity contribution in [2.45, 2.75) is 71.1 Å². The Balaban J connectivity index is 1.67. The zero-order valence-corrected chi connectivity index (χ0v) is 15.3. The van der Waals surface area contributed by atoms with E-state index in [2.05, 4.69) is 26.1 Å². The molecule has 1 fully saturated rings. The molecule has 0 unspecified atom stereocenters. The molecule has 0 atom stereocenters. The minimum Gasteiger partial charge on any atom is -0.508 e. The summed E-state index contributed by atoms with van der Waals surface area (Å²) >= 11 is 0. The SMILES string of the molecule is CCCCc1ccc(CCCCC[N+]2(C)CCCCC2)cc1O. The van der Waals surface area contributed by atoms with Crippen LogP contribution in [0, 0.1) is 0 Å². The maximum Gasteiger partial charge on any atom is 0.119 e. The molecule has 2 nitrogen and oxygen atoms in total. The predicted octanol–water partition coefficient (Wildman–Crippen LogP) is 5.08. The van der Waals surface area contributed by atoms with Crippen molar-refractivity contribution in [2.75, 3.05) is 26.7 Å². The van der Waals surface area contributed by atoms with E-state index < -0.39 is 0 Å². The van der Waals surface area contributed by atoms with Gasteiger partial charge in [0, 0.05) is 0 Å². The van der Waals surface area contributed by atoms with E-state index in [1.807, 2.05) is 6.07 Å². The van der Waals surface area contributed by atoms with Crippen molar-refractivity contribution in [2.24, 2.45) is 0 Å². The van der Waals surface area contributed by atoms with Crippen LogP contribution in [0.3, 0.4) is 0 Å². The first-order valence-electron chi connectivity index (χ1n) is 9.77. The summed E-state index contributed by atoms with van der Waals surface area (Å²) in [7, 11) is 2.44. The number of aromatic hydroxyl groups is 1. The first-order valence-corrected chi connectivity index (χ1v) is 9.77. The molecule has 1 heterocycles. The van der Waals surface area contributed by atoms with Gasteiger partial charge in [-0.3, -0.25) is 0 Å². The maximum absolute atomic E-state index is 10.1. The average molecular weight is 319 g/mol. The minimum absolute atomic E-state index is 0.502. The summed E-state index contributed by atoms with van der Waals surface area (Å²) in [6, 6.07) is 6.33. The fraction of sp³-hybridized carbons (Fsp3) is 0.714. The van der Waals surface area contributed by atoms with Gasteiger partial charge in [0.15, 0.2) is 0 Å². The van der Waals surface area contributed by atoms with Crippen molar-refractivity contribution in [3.05, 3.63) is 29.3 Å². The third-order valence-electron chi connectivity index (χ3n) is 5.51. The van der Waals surface area contributed by atoms with Crippen molar-refractivity contribution in [3.63, 3.8) is 0 Å². The maximum atomic E-state index is 10.1. The van der Waals surface area contributed by atoms with Crippen molar-refractivity contribution in [1.82, 2.24) is 0 Å². The van der Waals surface area contributed by atoms with Crippen LogP contribution in [0.1, 0.15) is 69.4 Å². The number of nitrogens with zero attached hydrogens (tertiary/aromatic N) is 1. The number of unbranched alkanes of at least 4 members (excludes halogenated alkanes) is 3. The monoisotopic (exact) mass is 318 g/mol. The van der Waals surface area contributed by atoms with Crippen molar-refractivity contribution < 1.29 is 9.59 Å². The van der Waals surface area contributed by atoms with E-state index in [0.29, 0.717) is 5.75 Å². The average Bonchev–Trinajstić information content (AvgIpc) is 2.54. The molecule has 2 rings (SSSR count). The summed E-state index contributed by atoms with van der Waals surface area (Å²) in [5.41, 5.74) is 2.40. The fourth-order valence-electron chi connectivity index (χ4n) is 3.84. The van der Waals surface area contributed by atoms with E-state index in [-0.39, 0.29) is 0 Å². The number of aryl methyl sites for hydroxylation is 2. The van der Waals surface area contributed by atoms with Gasteiger partial charge in [0.2, 0.25) is 0 Å². The van der Waals surface area contributed by atoms with Gasteiger partial charge in [-0.1, -0.05) is 25.5 Å². The molecule has 0 saturated carbocycles. The van der Waals surface area contributed by atoms with Crippen molar-refractivity contribution >= 4 is 0 Å². The lowest BCUT2D eigenvalue weighted by Gasteiger charge is -2.37. The molecule has 2 heteroatoms. The molecule has 1 aliphatic rings. The summed E-state index contributed by atoms with van der Waals surface area (Å²) in [4.78, 5) is 0. The Morgan fingerprint density at radius 2 is 1.74 bits per heavy atom.